The fourth-order valence-electron chi connectivity index (χ4n) is 2.31. The van der Waals surface area contributed by atoms with Crippen LogP contribution in [0.5, 0.6) is 5.75 Å². The van der Waals surface area contributed by atoms with Crippen molar-refractivity contribution < 1.29 is 4.74 Å². The van der Waals surface area contributed by atoms with Crippen LogP contribution in [-0.4, -0.2) is 12.6 Å². The van der Waals surface area contributed by atoms with Crippen molar-refractivity contribution >= 4 is 5.69 Å². The SMILES string of the molecule is CCCCCCCCCNc1cccc(OC(C)CC)c1. The number of hydrogen-bond donors (Lipinski definition) is 1. The third kappa shape index (κ3) is 8.64. The third-order valence-corrected chi connectivity index (χ3v) is 3.86. The van der Waals surface area contributed by atoms with E-state index in [-0.39, 0.29) is 6.10 Å². The van der Waals surface area contributed by atoms with Crippen LogP contribution in [0.15, 0.2) is 24.3 Å². The van der Waals surface area contributed by atoms with Gasteiger partial charge in [0.05, 0.1) is 6.10 Å². The molecule has 0 saturated carbocycles. The van der Waals surface area contributed by atoms with Gasteiger partial charge in [0.1, 0.15) is 5.75 Å². The molecule has 0 radical (unpaired) electrons. The van der Waals surface area contributed by atoms with Crippen LogP contribution in [0.25, 0.3) is 0 Å². The van der Waals surface area contributed by atoms with Crippen molar-refractivity contribution in [3.05, 3.63) is 24.3 Å². The van der Waals surface area contributed by atoms with E-state index in [4.69, 9.17) is 4.74 Å². The van der Waals surface area contributed by atoms with E-state index in [0.717, 1.165) is 18.7 Å². The normalized spacial score (nSPS) is 12.1. The van der Waals surface area contributed by atoms with Gasteiger partial charge in [-0.05, 0) is 31.9 Å². The molecule has 0 bridgehead atoms. The molecule has 1 aromatic carbocycles. The van der Waals surface area contributed by atoms with E-state index >= 15 is 0 Å². The highest BCUT2D eigenvalue weighted by atomic mass is 16.5. The van der Waals surface area contributed by atoms with Gasteiger partial charge in [-0.2, -0.15) is 0 Å². The summed E-state index contributed by atoms with van der Waals surface area (Å²) in [6.07, 6.45) is 10.8. The lowest BCUT2D eigenvalue weighted by Gasteiger charge is -2.14. The number of anilines is 1. The maximum absolute atomic E-state index is 5.85. The minimum atomic E-state index is 0.281. The standard InChI is InChI=1S/C19H33NO/c1-4-6-7-8-9-10-11-15-20-18-13-12-14-19(16-18)21-17(3)5-2/h12-14,16-17,20H,4-11,15H2,1-3H3. The van der Waals surface area contributed by atoms with E-state index in [9.17, 15) is 0 Å². The molecule has 0 spiro atoms. The van der Waals surface area contributed by atoms with Crippen molar-refractivity contribution in [3.8, 4) is 5.75 Å². The van der Waals surface area contributed by atoms with Gasteiger partial charge in [0, 0.05) is 18.3 Å². The lowest BCUT2D eigenvalue weighted by molar-refractivity contribution is 0.217. The zero-order valence-corrected chi connectivity index (χ0v) is 14.2. The predicted molar refractivity (Wildman–Crippen MR) is 93.3 cm³/mol. The lowest BCUT2D eigenvalue weighted by atomic mass is 10.1. The molecule has 0 aliphatic heterocycles. The van der Waals surface area contributed by atoms with Crippen LogP contribution in [-0.2, 0) is 0 Å². The Morgan fingerprint density at radius 1 is 1.00 bits per heavy atom. The largest absolute Gasteiger partial charge is 0.491 e. The van der Waals surface area contributed by atoms with Crippen molar-refractivity contribution in [2.24, 2.45) is 0 Å². The van der Waals surface area contributed by atoms with Gasteiger partial charge in [-0.1, -0.05) is 58.4 Å². The summed E-state index contributed by atoms with van der Waals surface area (Å²) in [6.45, 7) is 7.58. The molecule has 1 rings (SSSR count). The van der Waals surface area contributed by atoms with Crippen molar-refractivity contribution in [1.82, 2.24) is 0 Å². The molecule has 0 saturated heterocycles. The molecule has 0 aromatic heterocycles. The molecule has 120 valence electrons. The fraction of sp³-hybridized carbons (Fsp3) is 0.684. The van der Waals surface area contributed by atoms with Gasteiger partial charge in [0.25, 0.3) is 0 Å². The Kier molecular flexibility index (Phi) is 9.77. The zero-order chi connectivity index (χ0) is 15.3. The van der Waals surface area contributed by atoms with E-state index in [1.54, 1.807) is 0 Å². The van der Waals surface area contributed by atoms with Gasteiger partial charge in [-0.25, -0.2) is 0 Å². The van der Waals surface area contributed by atoms with Crippen molar-refractivity contribution in [2.45, 2.75) is 78.2 Å². The summed E-state index contributed by atoms with van der Waals surface area (Å²) in [5.41, 5.74) is 1.17. The molecular weight excluding hydrogens is 258 g/mol. The molecule has 1 aromatic rings. The maximum Gasteiger partial charge on any atom is 0.121 e. The lowest BCUT2D eigenvalue weighted by Crippen LogP contribution is -2.10. The fourth-order valence-corrected chi connectivity index (χ4v) is 2.31. The van der Waals surface area contributed by atoms with Gasteiger partial charge >= 0.3 is 0 Å². The minimum absolute atomic E-state index is 0.281. The Labute approximate surface area is 131 Å². The summed E-state index contributed by atoms with van der Waals surface area (Å²) in [5.74, 6) is 0.967. The first-order chi connectivity index (χ1) is 10.3. The molecule has 0 fully saturated rings. The van der Waals surface area contributed by atoms with Crippen LogP contribution in [0.3, 0.4) is 0 Å². The summed E-state index contributed by atoms with van der Waals surface area (Å²) in [6, 6.07) is 8.31. The van der Waals surface area contributed by atoms with E-state index in [1.807, 2.05) is 6.07 Å². The smallest absolute Gasteiger partial charge is 0.121 e. The monoisotopic (exact) mass is 291 g/mol. The van der Waals surface area contributed by atoms with Crippen LogP contribution >= 0.6 is 0 Å². The zero-order valence-electron chi connectivity index (χ0n) is 14.2. The van der Waals surface area contributed by atoms with Gasteiger partial charge in [-0.3, -0.25) is 0 Å². The number of rotatable bonds is 12. The first-order valence-electron chi connectivity index (χ1n) is 8.76. The predicted octanol–water partition coefficient (Wildman–Crippen LogP) is 6.03. The third-order valence-electron chi connectivity index (χ3n) is 3.86. The summed E-state index contributed by atoms with van der Waals surface area (Å²) in [7, 11) is 0. The summed E-state index contributed by atoms with van der Waals surface area (Å²) in [5, 5.41) is 3.50. The highest BCUT2D eigenvalue weighted by Gasteiger charge is 2.01. The molecule has 0 amide bonds. The average Bonchev–Trinajstić information content (AvgIpc) is 2.50. The van der Waals surface area contributed by atoms with Crippen LogP contribution < -0.4 is 10.1 Å². The highest BCUT2D eigenvalue weighted by Crippen LogP contribution is 2.19. The molecular formula is C19H33NO. The minimum Gasteiger partial charge on any atom is -0.491 e. The molecule has 0 heterocycles. The summed E-state index contributed by atoms with van der Waals surface area (Å²) in [4.78, 5) is 0. The second-order valence-electron chi connectivity index (χ2n) is 5.91. The molecule has 1 atom stereocenters. The highest BCUT2D eigenvalue weighted by molar-refractivity contribution is 5.48. The Bertz CT molecular complexity index is 364. The van der Waals surface area contributed by atoms with Crippen LogP contribution in [0.2, 0.25) is 0 Å². The quantitative estimate of drug-likeness (QED) is 0.475. The van der Waals surface area contributed by atoms with Crippen LogP contribution in [0, 0.1) is 0 Å². The molecule has 1 unspecified atom stereocenters. The van der Waals surface area contributed by atoms with E-state index in [0.29, 0.717) is 0 Å². The van der Waals surface area contributed by atoms with Crippen LogP contribution in [0.4, 0.5) is 5.69 Å². The number of benzene rings is 1. The Hall–Kier alpha value is -1.18. The Morgan fingerprint density at radius 2 is 1.71 bits per heavy atom. The topological polar surface area (TPSA) is 21.3 Å². The first kappa shape index (κ1) is 17.9. The maximum atomic E-state index is 5.85. The van der Waals surface area contributed by atoms with Gasteiger partial charge in [-0.15, -0.1) is 0 Å². The van der Waals surface area contributed by atoms with Crippen molar-refractivity contribution in [3.63, 3.8) is 0 Å². The van der Waals surface area contributed by atoms with Gasteiger partial charge < -0.3 is 10.1 Å². The molecule has 0 aliphatic rings. The molecule has 2 heteroatoms. The molecule has 0 aliphatic carbocycles. The van der Waals surface area contributed by atoms with Crippen LogP contribution in [0.1, 0.15) is 72.1 Å². The number of hydrogen-bond acceptors (Lipinski definition) is 2. The molecule has 1 N–H and O–H groups in total. The van der Waals surface area contributed by atoms with Crippen molar-refractivity contribution in [1.29, 1.82) is 0 Å². The van der Waals surface area contributed by atoms with Gasteiger partial charge in [0.2, 0.25) is 0 Å². The second kappa shape index (κ2) is 11.5. The Balaban J connectivity index is 2.15. The number of ether oxygens (including phenoxy) is 1. The number of unbranched alkanes of at least 4 members (excludes halogenated alkanes) is 6. The van der Waals surface area contributed by atoms with E-state index in [2.05, 4.69) is 44.3 Å². The summed E-state index contributed by atoms with van der Waals surface area (Å²) >= 11 is 0. The Morgan fingerprint density at radius 3 is 2.43 bits per heavy atom. The average molecular weight is 291 g/mol. The molecule has 21 heavy (non-hydrogen) atoms. The van der Waals surface area contributed by atoms with E-state index in [1.165, 1.54) is 50.6 Å². The second-order valence-corrected chi connectivity index (χ2v) is 5.91. The van der Waals surface area contributed by atoms with E-state index < -0.39 is 0 Å². The summed E-state index contributed by atoms with van der Waals surface area (Å²) < 4.78 is 5.85. The number of nitrogens with one attached hydrogen (secondary N) is 1. The molecule has 2 nitrogen and oxygen atoms in total. The van der Waals surface area contributed by atoms with Crippen molar-refractivity contribution in [2.75, 3.05) is 11.9 Å². The van der Waals surface area contributed by atoms with Gasteiger partial charge in [0.15, 0.2) is 0 Å². The first-order valence-corrected chi connectivity index (χ1v) is 8.76.